The molecule has 1 saturated heterocycles. The van der Waals surface area contributed by atoms with Crippen LogP contribution in [-0.4, -0.2) is 68.9 Å². The van der Waals surface area contributed by atoms with Crippen LogP contribution in [0.4, 0.5) is 0 Å². The Morgan fingerprint density at radius 3 is 2.38 bits per heavy atom. The van der Waals surface area contributed by atoms with E-state index in [1.54, 1.807) is 0 Å². The van der Waals surface area contributed by atoms with Crippen LogP contribution in [0, 0.1) is 0 Å². The van der Waals surface area contributed by atoms with Gasteiger partial charge in [-0.25, -0.2) is 8.42 Å². The fourth-order valence-corrected chi connectivity index (χ4v) is 4.94. The SMILES string of the molecule is CS(=O)(=O)CCN1CCN(C(=O)C2(c3cccc(Cl)c3)CCCC2)CC1. The minimum absolute atomic E-state index is 0.174. The maximum Gasteiger partial charge on any atom is 0.233 e. The molecule has 0 N–H and O–H groups in total. The molecular weight excluding hydrogens is 372 g/mol. The number of amides is 1. The van der Waals surface area contributed by atoms with Crippen molar-refractivity contribution in [3.63, 3.8) is 0 Å². The van der Waals surface area contributed by atoms with E-state index >= 15 is 0 Å². The molecule has 26 heavy (non-hydrogen) atoms. The molecule has 1 aromatic rings. The second-order valence-electron chi connectivity index (χ2n) is 7.56. The molecule has 3 rings (SSSR count). The Labute approximate surface area is 161 Å². The summed E-state index contributed by atoms with van der Waals surface area (Å²) >= 11 is 6.19. The number of piperazine rings is 1. The van der Waals surface area contributed by atoms with Crippen LogP contribution >= 0.6 is 11.6 Å². The molecule has 1 aliphatic carbocycles. The summed E-state index contributed by atoms with van der Waals surface area (Å²) in [6, 6.07) is 7.73. The molecule has 1 amide bonds. The Kier molecular flexibility index (Phi) is 5.94. The number of rotatable bonds is 5. The highest BCUT2D eigenvalue weighted by molar-refractivity contribution is 7.90. The molecule has 1 saturated carbocycles. The zero-order valence-electron chi connectivity index (χ0n) is 15.3. The second kappa shape index (κ2) is 7.87. The first-order valence-electron chi connectivity index (χ1n) is 9.26. The molecule has 144 valence electrons. The number of benzene rings is 1. The Hall–Kier alpha value is -1.11. The van der Waals surface area contributed by atoms with E-state index in [0.29, 0.717) is 24.7 Å². The summed E-state index contributed by atoms with van der Waals surface area (Å²) in [6.45, 7) is 3.32. The van der Waals surface area contributed by atoms with Gasteiger partial charge in [0.1, 0.15) is 9.84 Å². The number of sulfone groups is 1. The first-order chi connectivity index (χ1) is 12.3. The minimum Gasteiger partial charge on any atom is -0.339 e. The lowest BCUT2D eigenvalue weighted by Crippen LogP contribution is -2.54. The molecule has 0 spiro atoms. The van der Waals surface area contributed by atoms with Gasteiger partial charge in [-0.1, -0.05) is 36.6 Å². The number of hydrogen-bond donors (Lipinski definition) is 0. The van der Waals surface area contributed by atoms with Crippen molar-refractivity contribution in [3.05, 3.63) is 34.9 Å². The van der Waals surface area contributed by atoms with Crippen molar-refractivity contribution in [2.45, 2.75) is 31.1 Å². The highest BCUT2D eigenvalue weighted by Gasteiger charge is 2.45. The van der Waals surface area contributed by atoms with Crippen LogP contribution in [0.15, 0.2) is 24.3 Å². The van der Waals surface area contributed by atoms with Crippen molar-refractivity contribution in [2.75, 3.05) is 44.7 Å². The molecule has 0 atom stereocenters. The highest BCUT2D eigenvalue weighted by Crippen LogP contribution is 2.43. The average Bonchev–Trinajstić information content (AvgIpc) is 3.10. The number of halogens is 1. The van der Waals surface area contributed by atoms with Gasteiger partial charge in [0.25, 0.3) is 0 Å². The Balaban J connectivity index is 1.68. The van der Waals surface area contributed by atoms with E-state index < -0.39 is 15.3 Å². The first kappa shape index (κ1) is 19.6. The van der Waals surface area contributed by atoms with E-state index in [1.807, 2.05) is 29.2 Å². The molecule has 0 radical (unpaired) electrons. The number of nitrogens with zero attached hydrogens (tertiary/aromatic N) is 2. The smallest absolute Gasteiger partial charge is 0.233 e. The largest absolute Gasteiger partial charge is 0.339 e. The number of carbonyl (C=O) groups is 1. The van der Waals surface area contributed by atoms with E-state index in [2.05, 4.69) is 4.90 Å². The summed E-state index contributed by atoms with van der Waals surface area (Å²) in [5, 5.41) is 0.673. The van der Waals surface area contributed by atoms with Crippen LogP contribution in [0.2, 0.25) is 5.02 Å². The minimum atomic E-state index is -2.95. The summed E-state index contributed by atoms with van der Waals surface area (Å²) in [5.74, 6) is 0.382. The average molecular weight is 399 g/mol. The molecule has 1 heterocycles. The second-order valence-corrected chi connectivity index (χ2v) is 10.3. The third kappa shape index (κ3) is 4.41. The van der Waals surface area contributed by atoms with Gasteiger partial charge in [0.2, 0.25) is 5.91 Å². The summed E-state index contributed by atoms with van der Waals surface area (Å²) < 4.78 is 22.7. The molecular formula is C19H27ClN2O3S. The van der Waals surface area contributed by atoms with Gasteiger partial charge in [0.05, 0.1) is 11.2 Å². The van der Waals surface area contributed by atoms with Crippen LogP contribution in [0.25, 0.3) is 0 Å². The maximum absolute atomic E-state index is 13.4. The first-order valence-corrected chi connectivity index (χ1v) is 11.7. The van der Waals surface area contributed by atoms with Crippen LogP contribution in [0.3, 0.4) is 0 Å². The van der Waals surface area contributed by atoms with Gasteiger partial charge >= 0.3 is 0 Å². The van der Waals surface area contributed by atoms with Crippen molar-refractivity contribution >= 4 is 27.3 Å². The van der Waals surface area contributed by atoms with Crippen molar-refractivity contribution < 1.29 is 13.2 Å². The number of hydrogen-bond acceptors (Lipinski definition) is 4. The van der Waals surface area contributed by atoms with E-state index in [0.717, 1.165) is 44.3 Å². The topological polar surface area (TPSA) is 57.7 Å². The van der Waals surface area contributed by atoms with Crippen LogP contribution in [0.1, 0.15) is 31.2 Å². The lowest BCUT2D eigenvalue weighted by atomic mass is 9.77. The molecule has 0 unspecified atom stereocenters. The molecule has 2 aliphatic rings. The summed E-state index contributed by atoms with van der Waals surface area (Å²) in [6.07, 6.45) is 5.14. The van der Waals surface area contributed by atoms with Gasteiger partial charge in [-0.05, 0) is 30.5 Å². The van der Waals surface area contributed by atoms with Crippen LogP contribution in [0.5, 0.6) is 0 Å². The molecule has 0 bridgehead atoms. The fourth-order valence-electron chi connectivity index (χ4n) is 4.16. The lowest BCUT2D eigenvalue weighted by Gasteiger charge is -2.40. The van der Waals surface area contributed by atoms with Gasteiger partial charge in [-0.15, -0.1) is 0 Å². The predicted octanol–water partition coefficient (Wildman–Crippen LogP) is 2.34. The van der Waals surface area contributed by atoms with Gasteiger partial charge in [-0.3, -0.25) is 9.69 Å². The van der Waals surface area contributed by atoms with Gasteiger partial charge in [0.15, 0.2) is 0 Å². The highest BCUT2D eigenvalue weighted by atomic mass is 35.5. The van der Waals surface area contributed by atoms with Crippen LogP contribution < -0.4 is 0 Å². The quantitative estimate of drug-likeness (QED) is 0.763. The van der Waals surface area contributed by atoms with Gasteiger partial charge in [0, 0.05) is 44.0 Å². The van der Waals surface area contributed by atoms with Crippen molar-refractivity contribution in [1.82, 2.24) is 9.80 Å². The monoisotopic (exact) mass is 398 g/mol. The summed E-state index contributed by atoms with van der Waals surface area (Å²) in [7, 11) is -2.95. The number of carbonyl (C=O) groups excluding carboxylic acids is 1. The zero-order valence-corrected chi connectivity index (χ0v) is 16.9. The van der Waals surface area contributed by atoms with E-state index in [-0.39, 0.29) is 11.7 Å². The maximum atomic E-state index is 13.4. The Morgan fingerprint density at radius 2 is 1.81 bits per heavy atom. The normalized spacial score (nSPS) is 21.1. The zero-order chi connectivity index (χ0) is 18.8. The van der Waals surface area contributed by atoms with Gasteiger partial charge in [-0.2, -0.15) is 0 Å². The van der Waals surface area contributed by atoms with E-state index in [9.17, 15) is 13.2 Å². The van der Waals surface area contributed by atoms with E-state index in [1.165, 1.54) is 6.26 Å². The fraction of sp³-hybridized carbons (Fsp3) is 0.632. The molecule has 1 aliphatic heterocycles. The lowest BCUT2D eigenvalue weighted by molar-refractivity contribution is -0.139. The summed E-state index contributed by atoms with van der Waals surface area (Å²) in [5.41, 5.74) is 0.590. The molecule has 5 nitrogen and oxygen atoms in total. The predicted molar refractivity (Wildman–Crippen MR) is 104 cm³/mol. The van der Waals surface area contributed by atoms with Gasteiger partial charge < -0.3 is 4.90 Å². The van der Waals surface area contributed by atoms with Crippen molar-refractivity contribution in [1.29, 1.82) is 0 Å². The summed E-state index contributed by atoms with van der Waals surface area (Å²) in [4.78, 5) is 17.5. The molecule has 0 aromatic heterocycles. The molecule has 2 fully saturated rings. The Morgan fingerprint density at radius 1 is 1.15 bits per heavy atom. The third-order valence-corrected chi connectivity index (χ3v) is 6.84. The Bertz CT molecular complexity index is 752. The van der Waals surface area contributed by atoms with E-state index in [4.69, 9.17) is 11.6 Å². The van der Waals surface area contributed by atoms with Crippen LogP contribution in [-0.2, 0) is 20.0 Å². The standard InChI is InChI=1S/C19H27ClN2O3S/c1-26(24,25)14-13-21-9-11-22(12-10-21)18(23)19(7-2-3-8-19)16-5-4-6-17(20)15-16/h4-6,15H,2-3,7-14H2,1H3. The van der Waals surface area contributed by atoms with Crippen molar-refractivity contribution in [2.24, 2.45) is 0 Å². The molecule has 1 aromatic carbocycles. The van der Waals surface area contributed by atoms with Crippen molar-refractivity contribution in [3.8, 4) is 0 Å². The third-order valence-electron chi connectivity index (χ3n) is 5.68. The molecule has 7 heteroatoms.